The zero-order valence-corrected chi connectivity index (χ0v) is 13.8. The number of hydrogen-bond donors (Lipinski definition) is 2. The van der Waals surface area contributed by atoms with Gasteiger partial charge in [-0.3, -0.25) is 4.79 Å². The summed E-state index contributed by atoms with van der Waals surface area (Å²) in [7, 11) is 3.79. The van der Waals surface area contributed by atoms with Gasteiger partial charge in [-0.25, -0.2) is 0 Å². The molecule has 0 radical (unpaired) electrons. The van der Waals surface area contributed by atoms with Crippen molar-refractivity contribution in [1.82, 2.24) is 14.8 Å². The normalized spacial score (nSPS) is 18.1. The van der Waals surface area contributed by atoms with E-state index in [0.29, 0.717) is 18.3 Å². The summed E-state index contributed by atoms with van der Waals surface area (Å²) in [5.74, 6) is -0.137. The molecule has 5 nitrogen and oxygen atoms in total. The lowest BCUT2D eigenvalue weighted by Gasteiger charge is -2.27. The van der Waals surface area contributed by atoms with E-state index < -0.39 is 5.60 Å². The van der Waals surface area contributed by atoms with Gasteiger partial charge in [0.1, 0.15) is 5.69 Å². The van der Waals surface area contributed by atoms with Gasteiger partial charge in [-0.1, -0.05) is 0 Å². The second-order valence-corrected chi connectivity index (χ2v) is 7.02. The van der Waals surface area contributed by atoms with E-state index in [1.54, 1.807) is 6.92 Å². The summed E-state index contributed by atoms with van der Waals surface area (Å²) in [5.41, 5.74) is -0.284. The highest BCUT2D eigenvalue weighted by atomic mass is 79.9. The number of rotatable bonds is 6. The molecule has 0 aromatic carbocycles. The fourth-order valence-electron chi connectivity index (χ4n) is 2.38. The fraction of sp³-hybridized carbons (Fsp3) is 0.643. The molecule has 1 aliphatic rings. The third-order valence-corrected chi connectivity index (χ3v) is 3.71. The molecule has 1 aliphatic carbocycles. The van der Waals surface area contributed by atoms with E-state index in [1.807, 2.05) is 35.8 Å². The standard InChI is InChI=1S/C14H22BrN3O2/c1-14(20,9-17(2)3)8-16-13(19)12-6-10(15)7-18(12)11-4-5-11/h6-7,11,20H,4-5,8-9H2,1-3H3,(H,16,19). The first-order chi connectivity index (χ1) is 9.28. The van der Waals surface area contributed by atoms with Gasteiger partial charge in [0.15, 0.2) is 0 Å². The number of carbonyl (C=O) groups excluding carboxylic acids is 1. The predicted octanol–water partition coefficient (Wildman–Crippen LogP) is 1.63. The summed E-state index contributed by atoms with van der Waals surface area (Å²) in [4.78, 5) is 14.2. The first-order valence-electron chi connectivity index (χ1n) is 6.81. The summed E-state index contributed by atoms with van der Waals surface area (Å²) in [6.07, 6.45) is 4.20. The number of likely N-dealkylation sites (N-methyl/N-ethyl adjacent to an activating group) is 1. The smallest absolute Gasteiger partial charge is 0.268 e. The average molecular weight is 344 g/mol. The Balaban J connectivity index is 1.98. The average Bonchev–Trinajstić information content (AvgIpc) is 3.08. The van der Waals surface area contributed by atoms with Gasteiger partial charge in [-0.05, 0) is 55.9 Å². The molecule has 0 aliphatic heterocycles. The molecule has 1 amide bonds. The molecule has 112 valence electrons. The minimum absolute atomic E-state index is 0.137. The van der Waals surface area contributed by atoms with Crippen LogP contribution >= 0.6 is 15.9 Å². The summed E-state index contributed by atoms with van der Waals surface area (Å²) in [6, 6.07) is 2.28. The summed E-state index contributed by atoms with van der Waals surface area (Å²) in [6.45, 7) is 2.46. The summed E-state index contributed by atoms with van der Waals surface area (Å²) in [5, 5.41) is 13.0. The molecular weight excluding hydrogens is 322 g/mol. The van der Waals surface area contributed by atoms with Crippen LogP contribution in [0.3, 0.4) is 0 Å². The monoisotopic (exact) mass is 343 g/mol. The topological polar surface area (TPSA) is 57.5 Å². The highest BCUT2D eigenvalue weighted by Gasteiger charge is 2.29. The molecule has 1 unspecified atom stereocenters. The Kier molecular flexibility index (Phi) is 4.56. The summed E-state index contributed by atoms with van der Waals surface area (Å²) < 4.78 is 2.93. The third-order valence-electron chi connectivity index (χ3n) is 3.27. The van der Waals surface area contributed by atoms with Crippen LogP contribution in [0.2, 0.25) is 0 Å². The largest absolute Gasteiger partial charge is 0.387 e. The molecule has 1 fully saturated rings. The van der Waals surface area contributed by atoms with Crippen molar-refractivity contribution in [3.05, 3.63) is 22.4 Å². The number of hydrogen-bond acceptors (Lipinski definition) is 3. The molecule has 6 heteroatoms. The van der Waals surface area contributed by atoms with E-state index in [0.717, 1.165) is 17.3 Å². The molecule has 1 aromatic heterocycles. The van der Waals surface area contributed by atoms with Gasteiger partial charge in [-0.2, -0.15) is 0 Å². The molecule has 1 atom stereocenters. The van der Waals surface area contributed by atoms with E-state index in [9.17, 15) is 9.90 Å². The minimum atomic E-state index is -0.937. The molecule has 0 spiro atoms. The molecule has 20 heavy (non-hydrogen) atoms. The Bertz CT molecular complexity index is 493. The third kappa shape index (κ3) is 4.07. The second-order valence-electron chi connectivity index (χ2n) is 6.10. The summed E-state index contributed by atoms with van der Waals surface area (Å²) >= 11 is 3.41. The van der Waals surface area contributed by atoms with E-state index in [-0.39, 0.29) is 12.5 Å². The highest BCUT2D eigenvalue weighted by Crippen LogP contribution is 2.37. The number of halogens is 1. The quantitative estimate of drug-likeness (QED) is 0.825. The fourth-order valence-corrected chi connectivity index (χ4v) is 2.82. The van der Waals surface area contributed by atoms with Gasteiger partial charge in [0.2, 0.25) is 0 Å². The molecule has 1 aromatic rings. The van der Waals surface area contributed by atoms with Crippen LogP contribution in [-0.4, -0.2) is 53.3 Å². The Morgan fingerprint density at radius 2 is 2.25 bits per heavy atom. The van der Waals surface area contributed by atoms with Crippen molar-refractivity contribution in [3.63, 3.8) is 0 Å². The number of nitrogens with zero attached hydrogens (tertiary/aromatic N) is 2. The van der Waals surface area contributed by atoms with Crippen LogP contribution in [0.15, 0.2) is 16.7 Å². The molecule has 0 saturated heterocycles. The number of nitrogens with one attached hydrogen (secondary N) is 1. The van der Waals surface area contributed by atoms with Gasteiger partial charge >= 0.3 is 0 Å². The van der Waals surface area contributed by atoms with Crippen LogP contribution < -0.4 is 5.32 Å². The lowest BCUT2D eigenvalue weighted by Crippen LogP contribution is -2.47. The zero-order chi connectivity index (χ0) is 14.9. The number of aliphatic hydroxyl groups is 1. The Morgan fingerprint density at radius 1 is 1.60 bits per heavy atom. The number of carbonyl (C=O) groups is 1. The minimum Gasteiger partial charge on any atom is -0.387 e. The van der Waals surface area contributed by atoms with E-state index >= 15 is 0 Å². The van der Waals surface area contributed by atoms with E-state index in [1.165, 1.54) is 0 Å². The Morgan fingerprint density at radius 3 is 2.80 bits per heavy atom. The van der Waals surface area contributed by atoms with Crippen molar-refractivity contribution in [2.45, 2.75) is 31.4 Å². The first kappa shape index (κ1) is 15.5. The van der Waals surface area contributed by atoms with Crippen LogP contribution in [0, 0.1) is 0 Å². The van der Waals surface area contributed by atoms with Crippen molar-refractivity contribution < 1.29 is 9.90 Å². The second kappa shape index (κ2) is 5.87. The lowest BCUT2D eigenvalue weighted by atomic mass is 10.1. The van der Waals surface area contributed by atoms with Gasteiger partial charge in [0, 0.05) is 29.8 Å². The Hall–Kier alpha value is -0.850. The Labute approximate surface area is 128 Å². The number of amides is 1. The van der Waals surface area contributed by atoms with Crippen LogP contribution in [0.25, 0.3) is 0 Å². The predicted molar refractivity (Wildman–Crippen MR) is 81.9 cm³/mol. The maximum Gasteiger partial charge on any atom is 0.268 e. The van der Waals surface area contributed by atoms with Gasteiger partial charge in [0.05, 0.1) is 5.60 Å². The van der Waals surface area contributed by atoms with Gasteiger partial charge in [0.25, 0.3) is 5.91 Å². The van der Waals surface area contributed by atoms with Crippen LogP contribution in [0.4, 0.5) is 0 Å². The maximum atomic E-state index is 12.3. The van der Waals surface area contributed by atoms with E-state index in [2.05, 4.69) is 21.2 Å². The van der Waals surface area contributed by atoms with Crippen molar-refractivity contribution >= 4 is 21.8 Å². The van der Waals surface area contributed by atoms with Crippen molar-refractivity contribution in [1.29, 1.82) is 0 Å². The highest BCUT2D eigenvalue weighted by molar-refractivity contribution is 9.10. The zero-order valence-electron chi connectivity index (χ0n) is 12.2. The molecule has 1 saturated carbocycles. The van der Waals surface area contributed by atoms with Crippen LogP contribution in [0.5, 0.6) is 0 Å². The molecule has 2 N–H and O–H groups in total. The van der Waals surface area contributed by atoms with Gasteiger partial charge in [-0.15, -0.1) is 0 Å². The molecule has 1 heterocycles. The lowest BCUT2D eigenvalue weighted by molar-refractivity contribution is 0.0324. The molecular formula is C14H22BrN3O2. The first-order valence-corrected chi connectivity index (χ1v) is 7.60. The van der Waals surface area contributed by atoms with Crippen molar-refractivity contribution in [3.8, 4) is 0 Å². The SMILES string of the molecule is CN(C)CC(C)(O)CNC(=O)c1cc(Br)cn1C1CC1. The van der Waals surface area contributed by atoms with Crippen LogP contribution in [0.1, 0.15) is 36.3 Å². The van der Waals surface area contributed by atoms with Crippen molar-refractivity contribution in [2.75, 3.05) is 27.2 Å². The number of aromatic nitrogens is 1. The van der Waals surface area contributed by atoms with Crippen molar-refractivity contribution in [2.24, 2.45) is 0 Å². The van der Waals surface area contributed by atoms with Crippen LogP contribution in [-0.2, 0) is 0 Å². The van der Waals surface area contributed by atoms with E-state index in [4.69, 9.17) is 0 Å². The molecule has 0 bridgehead atoms. The van der Waals surface area contributed by atoms with Gasteiger partial charge < -0.3 is 19.9 Å². The molecule has 2 rings (SSSR count). The maximum absolute atomic E-state index is 12.3.